The zero-order valence-corrected chi connectivity index (χ0v) is 11.2. The van der Waals surface area contributed by atoms with Gasteiger partial charge in [-0.3, -0.25) is 0 Å². The minimum atomic E-state index is -0.643. The van der Waals surface area contributed by atoms with Gasteiger partial charge in [0.15, 0.2) is 0 Å². The molecule has 0 amide bonds. The van der Waals surface area contributed by atoms with Crippen molar-refractivity contribution < 1.29 is 9.84 Å². The second-order valence-electron chi connectivity index (χ2n) is 5.04. The van der Waals surface area contributed by atoms with Gasteiger partial charge in [-0.1, -0.05) is 12.1 Å². The van der Waals surface area contributed by atoms with Crippen molar-refractivity contribution in [3.05, 3.63) is 29.3 Å². The number of hydrogen-bond donors (Lipinski definition) is 2. The molecule has 2 N–H and O–H groups in total. The van der Waals surface area contributed by atoms with E-state index in [9.17, 15) is 5.11 Å². The highest BCUT2D eigenvalue weighted by Crippen LogP contribution is 2.18. The molecule has 3 heteroatoms. The SMILES string of the molecule is COc1ccc(CCNCC(C)(C)O)cc1C. The number of nitrogens with one attached hydrogen (secondary N) is 1. The van der Waals surface area contributed by atoms with Gasteiger partial charge < -0.3 is 15.2 Å². The first-order valence-electron chi connectivity index (χ1n) is 5.99. The molecule has 0 unspecified atom stereocenters. The third-order valence-corrected chi connectivity index (χ3v) is 2.61. The molecular weight excluding hydrogens is 214 g/mol. The summed E-state index contributed by atoms with van der Waals surface area (Å²) < 4.78 is 5.22. The Morgan fingerprint density at radius 1 is 1.35 bits per heavy atom. The quantitative estimate of drug-likeness (QED) is 0.743. The number of hydrogen-bond acceptors (Lipinski definition) is 3. The lowest BCUT2D eigenvalue weighted by atomic mass is 10.1. The van der Waals surface area contributed by atoms with Crippen molar-refractivity contribution in [2.45, 2.75) is 32.8 Å². The molecule has 3 nitrogen and oxygen atoms in total. The van der Waals surface area contributed by atoms with Crippen molar-refractivity contribution >= 4 is 0 Å². The second kappa shape index (κ2) is 6.03. The van der Waals surface area contributed by atoms with Crippen LogP contribution in [0.25, 0.3) is 0 Å². The van der Waals surface area contributed by atoms with Gasteiger partial charge in [-0.15, -0.1) is 0 Å². The third-order valence-electron chi connectivity index (χ3n) is 2.61. The maximum Gasteiger partial charge on any atom is 0.121 e. The minimum Gasteiger partial charge on any atom is -0.496 e. The monoisotopic (exact) mass is 237 g/mol. The zero-order chi connectivity index (χ0) is 12.9. The molecule has 96 valence electrons. The number of rotatable bonds is 6. The minimum absolute atomic E-state index is 0.613. The molecule has 0 radical (unpaired) electrons. The highest BCUT2D eigenvalue weighted by atomic mass is 16.5. The predicted molar refractivity (Wildman–Crippen MR) is 70.6 cm³/mol. The Bertz CT molecular complexity index is 356. The summed E-state index contributed by atoms with van der Waals surface area (Å²) in [7, 11) is 1.69. The predicted octanol–water partition coefficient (Wildman–Crippen LogP) is 1.91. The summed E-state index contributed by atoms with van der Waals surface area (Å²) in [6.07, 6.45) is 0.959. The van der Waals surface area contributed by atoms with E-state index < -0.39 is 5.60 Å². The van der Waals surface area contributed by atoms with E-state index in [1.54, 1.807) is 21.0 Å². The summed E-state index contributed by atoms with van der Waals surface area (Å²) >= 11 is 0. The molecule has 0 aliphatic carbocycles. The van der Waals surface area contributed by atoms with E-state index >= 15 is 0 Å². The standard InChI is InChI=1S/C14H23NO2/c1-11-9-12(5-6-13(11)17-4)7-8-15-10-14(2,3)16/h5-6,9,15-16H,7-8,10H2,1-4H3. The lowest BCUT2D eigenvalue weighted by Gasteiger charge is -2.17. The van der Waals surface area contributed by atoms with Crippen LogP contribution in [0.3, 0.4) is 0 Å². The van der Waals surface area contributed by atoms with Crippen LogP contribution in [0.4, 0.5) is 0 Å². The van der Waals surface area contributed by atoms with Gasteiger partial charge >= 0.3 is 0 Å². The Kier molecular flexibility index (Phi) is 4.97. The lowest BCUT2D eigenvalue weighted by Crippen LogP contribution is -2.35. The smallest absolute Gasteiger partial charge is 0.121 e. The average molecular weight is 237 g/mol. The van der Waals surface area contributed by atoms with Crippen molar-refractivity contribution in [2.24, 2.45) is 0 Å². The van der Waals surface area contributed by atoms with Crippen LogP contribution in [0.2, 0.25) is 0 Å². The van der Waals surface area contributed by atoms with Gasteiger partial charge in [0.2, 0.25) is 0 Å². The molecule has 1 aromatic carbocycles. The molecule has 0 aromatic heterocycles. The molecule has 0 spiro atoms. The number of ether oxygens (including phenoxy) is 1. The molecule has 1 rings (SSSR count). The van der Waals surface area contributed by atoms with Gasteiger partial charge in [-0.25, -0.2) is 0 Å². The van der Waals surface area contributed by atoms with Gasteiger partial charge in [-0.05, 0) is 50.9 Å². The van der Waals surface area contributed by atoms with Gasteiger partial charge in [0.25, 0.3) is 0 Å². The molecule has 0 saturated carbocycles. The van der Waals surface area contributed by atoms with Gasteiger partial charge in [0.05, 0.1) is 12.7 Å². The fourth-order valence-electron chi connectivity index (χ4n) is 1.72. The molecule has 0 aliphatic heterocycles. The molecule has 0 aliphatic rings. The van der Waals surface area contributed by atoms with Gasteiger partial charge in [0.1, 0.15) is 5.75 Å². The van der Waals surface area contributed by atoms with E-state index in [-0.39, 0.29) is 0 Å². The molecule has 0 saturated heterocycles. The van der Waals surface area contributed by atoms with E-state index in [1.165, 1.54) is 5.56 Å². The Labute approximate surface area is 104 Å². The van der Waals surface area contributed by atoms with Gasteiger partial charge in [-0.2, -0.15) is 0 Å². The van der Waals surface area contributed by atoms with E-state index in [1.807, 2.05) is 13.0 Å². The Hall–Kier alpha value is -1.06. The lowest BCUT2D eigenvalue weighted by molar-refractivity contribution is 0.0801. The van der Waals surface area contributed by atoms with Crippen LogP contribution in [0.1, 0.15) is 25.0 Å². The summed E-state index contributed by atoms with van der Waals surface area (Å²) in [5.41, 5.74) is 1.80. The third kappa shape index (κ3) is 5.20. The van der Waals surface area contributed by atoms with Crippen molar-refractivity contribution in [3.8, 4) is 5.75 Å². The highest BCUT2D eigenvalue weighted by Gasteiger charge is 2.10. The van der Waals surface area contributed by atoms with Crippen LogP contribution >= 0.6 is 0 Å². The summed E-state index contributed by atoms with van der Waals surface area (Å²) in [4.78, 5) is 0. The average Bonchev–Trinajstić information content (AvgIpc) is 2.23. The summed E-state index contributed by atoms with van der Waals surface area (Å²) in [5, 5.41) is 12.8. The highest BCUT2D eigenvalue weighted by molar-refractivity contribution is 5.36. The fourth-order valence-corrected chi connectivity index (χ4v) is 1.72. The molecular formula is C14H23NO2. The number of methoxy groups -OCH3 is 1. The molecule has 0 fully saturated rings. The Balaban J connectivity index is 2.40. The van der Waals surface area contributed by atoms with Crippen molar-refractivity contribution in [1.82, 2.24) is 5.32 Å². The van der Waals surface area contributed by atoms with E-state index in [4.69, 9.17) is 4.74 Å². The van der Waals surface area contributed by atoms with E-state index in [0.717, 1.165) is 24.3 Å². The maximum atomic E-state index is 9.55. The molecule has 1 aromatic rings. The van der Waals surface area contributed by atoms with Crippen LogP contribution in [-0.4, -0.2) is 30.9 Å². The first kappa shape index (κ1) is 14.0. The Morgan fingerprint density at radius 2 is 2.06 bits per heavy atom. The molecule has 0 atom stereocenters. The van der Waals surface area contributed by atoms with Crippen molar-refractivity contribution in [1.29, 1.82) is 0 Å². The topological polar surface area (TPSA) is 41.5 Å². The van der Waals surface area contributed by atoms with Crippen LogP contribution in [0.15, 0.2) is 18.2 Å². The van der Waals surface area contributed by atoms with E-state index in [2.05, 4.69) is 17.4 Å². The normalized spacial score (nSPS) is 11.6. The fraction of sp³-hybridized carbons (Fsp3) is 0.571. The van der Waals surface area contributed by atoms with Crippen LogP contribution < -0.4 is 10.1 Å². The molecule has 0 bridgehead atoms. The summed E-state index contributed by atoms with van der Waals surface area (Å²) in [6, 6.07) is 6.23. The largest absolute Gasteiger partial charge is 0.496 e. The van der Waals surface area contributed by atoms with Crippen molar-refractivity contribution in [3.63, 3.8) is 0 Å². The number of benzene rings is 1. The van der Waals surface area contributed by atoms with Crippen molar-refractivity contribution in [2.75, 3.05) is 20.2 Å². The first-order valence-corrected chi connectivity index (χ1v) is 5.99. The Morgan fingerprint density at radius 3 is 2.59 bits per heavy atom. The second-order valence-corrected chi connectivity index (χ2v) is 5.04. The van der Waals surface area contributed by atoms with Gasteiger partial charge in [0, 0.05) is 6.54 Å². The number of aliphatic hydroxyl groups is 1. The van der Waals surface area contributed by atoms with Crippen LogP contribution in [-0.2, 0) is 6.42 Å². The molecule has 17 heavy (non-hydrogen) atoms. The maximum absolute atomic E-state index is 9.55. The molecule has 0 heterocycles. The summed E-state index contributed by atoms with van der Waals surface area (Å²) in [6.45, 7) is 7.14. The zero-order valence-electron chi connectivity index (χ0n) is 11.2. The number of aryl methyl sites for hydroxylation is 1. The van der Waals surface area contributed by atoms with Crippen LogP contribution in [0, 0.1) is 6.92 Å². The van der Waals surface area contributed by atoms with E-state index in [0.29, 0.717) is 6.54 Å². The summed E-state index contributed by atoms with van der Waals surface area (Å²) in [5.74, 6) is 0.929. The van der Waals surface area contributed by atoms with Crippen LogP contribution in [0.5, 0.6) is 5.75 Å². The first-order chi connectivity index (χ1) is 7.92.